The molecule has 1 aromatic rings. The van der Waals surface area contributed by atoms with Crippen molar-refractivity contribution in [3.8, 4) is 0 Å². The van der Waals surface area contributed by atoms with E-state index in [2.05, 4.69) is 6.07 Å². The van der Waals surface area contributed by atoms with Crippen LogP contribution in [0.1, 0.15) is 34.3 Å². The van der Waals surface area contributed by atoms with E-state index in [0.29, 0.717) is 0 Å². The summed E-state index contributed by atoms with van der Waals surface area (Å²) in [7, 11) is 0. The average Bonchev–Trinajstić information content (AvgIpc) is 2.12. The van der Waals surface area contributed by atoms with Crippen molar-refractivity contribution in [2.45, 2.75) is 32.7 Å². The number of benzene rings is 1. The molecule has 0 bridgehead atoms. The highest BCUT2D eigenvalue weighted by molar-refractivity contribution is 5.99. The molecule has 1 aromatic carbocycles. The van der Waals surface area contributed by atoms with Crippen LogP contribution in [0.25, 0.3) is 0 Å². The molecule has 80 valence electrons. The molecule has 2 rings (SSSR count). The van der Waals surface area contributed by atoms with Crippen LogP contribution in [0.2, 0.25) is 0 Å². The Bertz CT molecular complexity index is 392. The molecule has 1 aliphatic carbocycles. The summed E-state index contributed by atoms with van der Waals surface area (Å²) in [5.74, 6) is 0.440. The quantitative estimate of drug-likeness (QED) is 0.749. The van der Waals surface area contributed by atoms with Crippen LogP contribution in [-0.2, 0) is 0 Å². The first-order chi connectivity index (χ1) is 7.08. The number of ketones is 1. The lowest BCUT2D eigenvalue weighted by Crippen LogP contribution is -2.40. The van der Waals surface area contributed by atoms with Gasteiger partial charge >= 0.3 is 0 Å². The summed E-state index contributed by atoms with van der Waals surface area (Å²) < 4.78 is 0. The first-order valence-electron chi connectivity index (χ1n) is 5.45. The third-order valence-corrected chi connectivity index (χ3v) is 3.19. The van der Waals surface area contributed by atoms with Crippen LogP contribution < -0.4 is 5.73 Å². The number of hydrogen-bond donors (Lipinski definition) is 1. The third-order valence-electron chi connectivity index (χ3n) is 3.19. The minimum absolute atomic E-state index is 0.168. The first-order valence-corrected chi connectivity index (χ1v) is 5.45. The molecule has 15 heavy (non-hydrogen) atoms. The second-order valence-corrected chi connectivity index (χ2v) is 4.61. The predicted molar refractivity (Wildman–Crippen MR) is 60.9 cm³/mol. The topological polar surface area (TPSA) is 43.1 Å². The van der Waals surface area contributed by atoms with E-state index in [4.69, 9.17) is 5.73 Å². The average molecular weight is 203 g/mol. The number of hydrogen-bond acceptors (Lipinski definition) is 2. The van der Waals surface area contributed by atoms with E-state index >= 15 is 0 Å². The van der Waals surface area contributed by atoms with Crippen molar-refractivity contribution in [2.24, 2.45) is 11.7 Å². The number of carbonyl (C=O) groups excluding carboxylic acids is 1. The van der Waals surface area contributed by atoms with E-state index in [9.17, 15) is 4.79 Å². The largest absolute Gasteiger partial charge is 0.328 e. The van der Waals surface area contributed by atoms with E-state index in [0.717, 1.165) is 24.0 Å². The van der Waals surface area contributed by atoms with E-state index in [1.807, 2.05) is 26.0 Å². The van der Waals surface area contributed by atoms with Crippen molar-refractivity contribution >= 4 is 5.78 Å². The van der Waals surface area contributed by atoms with Crippen LogP contribution >= 0.6 is 0 Å². The fraction of sp³-hybridized carbons (Fsp3) is 0.462. The van der Waals surface area contributed by atoms with Crippen molar-refractivity contribution in [2.75, 3.05) is 0 Å². The van der Waals surface area contributed by atoms with Gasteiger partial charge < -0.3 is 5.73 Å². The molecule has 1 aliphatic rings. The lowest BCUT2D eigenvalue weighted by Gasteiger charge is -2.31. The molecule has 0 aromatic heterocycles. The molecule has 1 saturated carbocycles. The summed E-state index contributed by atoms with van der Waals surface area (Å²) in [6.45, 7) is 4.04. The summed E-state index contributed by atoms with van der Waals surface area (Å²) in [4.78, 5) is 12.0. The highest BCUT2D eigenvalue weighted by Gasteiger charge is 2.32. The van der Waals surface area contributed by atoms with E-state index in [-0.39, 0.29) is 17.7 Å². The van der Waals surface area contributed by atoms with Crippen LogP contribution in [0.4, 0.5) is 0 Å². The number of nitrogens with two attached hydrogens (primary N) is 1. The predicted octanol–water partition coefficient (Wildman–Crippen LogP) is 2.22. The Hall–Kier alpha value is -1.15. The molecule has 2 N–H and O–H groups in total. The highest BCUT2D eigenvalue weighted by atomic mass is 16.1. The number of carbonyl (C=O) groups is 1. The van der Waals surface area contributed by atoms with Crippen molar-refractivity contribution in [3.63, 3.8) is 0 Å². The molecular weight excluding hydrogens is 186 g/mol. The highest BCUT2D eigenvalue weighted by Crippen LogP contribution is 2.30. The minimum Gasteiger partial charge on any atom is -0.328 e. The minimum atomic E-state index is 0.168. The Morgan fingerprint density at radius 3 is 2.53 bits per heavy atom. The molecule has 0 unspecified atom stereocenters. The summed E-state index contributed by atoms with van der Waals surface area (Å²) >= 11 is 0. The van der Waals surface area contributed by atoms with E-state index in [1.165, 1.54) is 5.56 Å². The van der Waals surface area contributed by atoms with E-state index in [1.54, 1.807) is 0 Å². The number of rotatable bonds is 2. The van der Waals surface area contributed by atoms with Gasteiger partial charge in [-0.1, -0.05) is 23.8 Å². The molecule has 0 amide bonds. The Morgan fingerprint density at radius 1 is 1.33 bits per heavy atom. The van der Waals surface area contributed by atoms with Gasteiger partial charge in [0.25, 0.3) is 0 Å². The number of aryl methyl sites for hydroxylation is 2. The molecule has 0 saturated heterocycles. The maximum absolute atomic E-state index is 12.0. The van der Waals surface area contributed by atoms with Gasteiger partial charge in [-0.2, -0.15) is 0 Å². The monoisotopic (exact) mass is 203 g/mol. The van der Waals surface area contributed by atoms with Crippen molar-refractivity contribution < 1.29 is 4.79 Å². The van der Waals surface area contributed by atoms with E-state index < -0.39 is 0 Å². The molecule has 0 aliphatic heterocycles. The van der Waals surface area contributed by atoms with Crippen molar-refractivity contribution in [3.05, 3.63) is 34.9 Å². The zero-order valence-electron chi connectivity index (χ0n) is 9.29. The van der Waals surface area contributed by atoms with Gasteiger partial charge in [0.05, 0.1) is 0 Å². The Morgan fingerprint density at radius 2 is 2.00 bits per heavy atom. The van der Waals surface area contributed by atoms with Gasteiger partial charge in [0.2, 0.25) is 0 Å². The van der Waals surface area contributed by atoms with Gasteiger partial charge in [-0.3, -0.25) is 4.79 Å². The SMILES string of the molecule is Cc1ccc(C(=O)C2CC(N)C2)c(C)c1. The summed E-state index contributed by atoms with van der Waals surface area (Å²) in [6, 6.07) is 6.24. The summed E-state index contributed by atoms with van der Waals surface area (Å²) in [5.41, 5.74) is 8.85. The number of Topliss-reactive ketones (excluding diaryl/α,β-unsaturated/α-hetero) is 1. The second-order valence-electron chi connectivity index (χ2n) is 4.61. The summed E-state index contributed by atoms with van der Waals surface area (Å²) in [5, 5.41) is 0. The summed E-state index contributed by atoms with van der Waals surface area (Å²) in [6.07, 6.45) is 1.71. The zero-order valence-corrected chi connectivity index (χ0v) is 9.29. The molecule has 2 heteroatoms. The third kappa shape index (κ3) is 1.95. The molecule has 1 fully saturated rings. The lowest BCUT2D eigenvalue weighted by molar-refractivity contribution is 0.0832. The Labute approximate surface area is 90.5 Å². The van der Waals surface area contributed by atoms with Crippen LogP contribution in [0.15, 0.2) is 18.2 Å². The fourth-order valence-electron chi connectivity index (χ4n) is 2.19. The van der Waals surface area contributed by atoms with Crippen LogP contribution in [-0.4, -0.2) is 11.8 Å². The standard InChI is InChI=1S/C13H17NO/c1-8-3-4-12(9(2)5-8)13(15)10-6-11(14)7-10/h3-5,10-11H,6-7,14H2,1-2H3. The van der Waals surface area contributed by atoms with Crippen LogP contribution in [0.5, 0.6) is 0 Å². The molecule has 0 heterocycles. The normalized spacial score (nSPS) is 24.7. The van der Waals surface area contributed by atoms with Crippen molar-refractivity contribution in [1.82, 2.24) is 0 Å². The molecule has 0 radical (unpaired) electrons. The van der Waals surface area contributed by atoms with Gasteiger partial charge in [0, 0.05) is 17.5 Å². The van der Waals surface area contributed by atoms with Gasteiger partial charge in [-0.15, -0.1) is 0 Å². The molecular formula is C13H17NO. The Balaban J connectivity index is 2.19. The van der Waals surface area contributed by atoms with Gasteiger partial charge in [-0.05, 0) is 32.3 Å². The van der Waals surface area contributed by atoms with Gasteiger partial charge in [-0.25, -0.2) is 0 Å². The van der Waals surface area contributed by atoms with Crippen LogP contribution in [0.3, 0.4) is 0 Å². The lowest BCUT2D eigenvalue weighted by atomic mass is 9.75. The maximum atomic E-state index is 12.0. The second kappa shape index (κ2) is 3.78. The van der Waals surface area contributed by atoms with Crippen LogP contribution in [0, 0.1) is 19.8 Å². The zero-order chi connectivity index (χ0) is 11.0. The van der Waals surface area contributed by atoms with Gasteiger partial charge in [0.1, 0.15) is 0 Å². The molecule has 0 atom stereocenters. The smallest absolute Gasteiger partial charge is 0.166 e. The van der Waals surface area contributed by atoms with Gasteiger partial charge in [0.15, 0.2) is 5.78 Å². The first kappa shape index (κ1) is 10.4. The fourth-order valence-corrected chi connectivity index (χ4v) is 2.19. The van der Waals surface area contributed by atoms with Crippen molar-refractivity contribution in [1.29, 1.82) is 0 Å². The Kier molecular flexibility index (Phi) is 2.61. The maximum Gasteiger partial charge on any atom is 0.166 e. The molecule has 2 nitrogen and oxygen atoms in total. The molecule has 0 spiro atoms.